The highest BCUT2D eigenvalue weighted by Gasteiger charge is 2.35. The first kappa shape index (κ1) is 21.6. The fourth-order valence-electron chi connectivity index (χ4n) is 4.48. The van der Waals surface area contributed by atoms with Crippen molar-refractivity contribution in [2.24, 2.45) is 5.16 Å². The van der Waals surface area contributed by atoms with Gasteiger partial charge in [0.1, 0.15) is 19.5 Å². The van der Waals surface area contributed by atoms with Gasteiger partial charge in [0.25, 0.3) is 5.91 Å². The van der Waals surface area contributed by atoms with E-state index in [0.717, 1.165) is 24.2 Å². The maximum Gasteiger partial charge on any atom is 0.273 e. The van der Waals surface area contributed by atoms with Crippen LogP contribution in [-0.4, -0.2) is 25.8 Å². The molecule has 1 N–H and O–H groups in total. The molecular formula is C27H28N2O3. The van der Waals surface area contributed by atoms with Crippen molar-refractivity contribution in [3.63, 3.8) is 0 Å². The summed E-state index contributed by atoms with van der Waals surface area (Å²) in [4.78, 5) is 17.1. The van der Waals surface area contributed by atoms with Gasteiger partial charge in [-0.05, 0) is 47.2 Å². The third-order valence-electron chi connectivity index (χ3n) is 6.29. The van der Waals surface area contributed by atoms with Gasteiger partial charge in [-0.25, -0.2) is 0 Å². The summed E-state index contributed by atoms with van der Waals surface area (Å²) >= 11 is 0. The molecule has 0 spiro atoms. The predicted molar refractivity (Wildman–Crippen MR) is 126 cm³/mol. The number of likely N-dealkylation sites (N-methyl/N-ethyl adjacent to an activating group) is 1. The van der Waals surface area contributed by atoms with E-state index in [4.69, 9.17) is 9.57 Å². The van der Waals surface area contributed by atoms with Crippen LogP contribution in [0.2, 0.25) is 0 Å². The highest BCUT2D eigenvalue weighted by Crippen LogP contribution is 2.43. The number of hydrogen-bond acceptors (Lipinski definition) is 4. The molecule has 0 aliphatic heterocycles. The maximum absolute atomic E-state index is 12.2. The fraction of sp³-hybridized carbons (Fsp3) is 0.259. The van der Waals surface area contributed by atoms with E-state index in [9.17, 15) is 4.79 Å². The molecule has 0 saturated carbocycles. The number of nitrogens with one attached hydrogen (secondary N) is 1. The van der Waals surface area contributed by atoms with E-state index in [1.165, 1.54) is 23.8 Å². The van der Waals surface area contributed by atoms with Crippen molar-refractivity contribution in [1.29, 1.82) is 0 Å². The predicted octanol–water partition coefficient (Wildman–Crippen LogP) is 4.61. The van der Waals surface area contributed by atoms with E-state index >= 15 is 0 Å². The number of oxime groups is 1. The van der Waals surface area contributed by atoms with Gasteiger partial charge in [-0.15, -0.1) is 0 Å². The molecule has 1 unspecified atom stereocenters. The molecule has 3 aromatic rings. The van der Waals surface area contributed by atoms with Crippen LogP contribution >= 0.6 is 0 Å². The molecule has 0 bridgehead atoms. The van der Waals surface area contributed by atoms with E-state index in [0.29, 0.717) is 12.2 Å². The van der Waals surface area contributed by atoms with Crippen molar-refractivity contribution in [3.05, 3.63) is 101 Å². The molecular weight excluding hydrogens is 400 g/mol. The summed E-state index contributed by atoms with van der Waals surface area (Å²) in [7, 11) is 2.99. The topological polar surface area (TPSA) is 59.9 Å². The summed E-state index contributed by atoms with van der Waals surface area (Å²) in [5, 5.41) is 6.51. The second kappa shape index (κ2) is 9.27. The third-order valence-corrected chi connectivity index (χ3v) is 6.29. The molecule has 1 amide bonds. The minimum absolute atomic E-state index is 0.0285. The standard InChI is InChI=1S/C27H28N2O3/c1-27(17-16-19-8-5-7-11-24(19)27)21-12-14-22(15-13-21)32-18-20-9-4-6-10-23(20)25(29-31-3)26(30)28-2/h4-15H,16-18H2,1-3H3,(H,28,30)/b29-25+. The molecule has 0 heterocycles. The molecule has 5 nitrogen and oxygen atoms in total. The molecule has 0 fully saturated rings. The molecule has 0 saturated heterocycles. The van der Waals surface area contributed by atoms with Gasteiger partial charge in [0.05, 0.1) is 0 Å². The van der Waals surface area contributed by atoms with Crippen LogP contribution in [0, 0.1) is 0 Å². The van der Waals surface area contributed by atoms with E-state index in [1.807, 2.05) is 36.4 Å². The Morgan fingerprint density at radius 1 is 1.03 bits per heavy atom. The van der Waals surface area contributed by atoms with Gasteiger partial charge in [0.15, 0.2) is 5.71 Å². The zero-order valence-corrected chi connectivity index (χ0v) is 18.7. The second-order valence-corrected chi connectivity index (χ2v) is 8.16. The van der Waals surface area contributed by atoms with Crippen LogP contribution in [0.3, 0.4) is 0 Å². The minimum Gasteiger partial charge on any atom is -0.489 e. The Hall–Kier alpha value is -3.60. The SMILES string of the molecule is CNC(=O)/C(=N/OC)c1ccccc1COc1ccc(C2(C)CCc3ccccc32)cc1. The van der Waals surface area contributed by atoms with Crippen molar-refractivity contribution in [2.75, 3.05) is 14.2 Å². The first-order valence-electron chi connectivity index (χ1n) is 10.8. The zero-order chi connectivity index (χ0) is 22.6. The quantitative estimate of drug-likeness (QED) is 0.441. The first-order valence-corrected chi connectivity index (χ1v) is 10.8. The molecule has 32 heavy (non-hydrogen) atoms. The number of hydrogen-bond donors (Lipinski definition) is 1. The molecule has 4 rings (SSSR count). The number of aryl methyl sites for hydroxylation is 1. The number of benzene rings is 3. The molecule has 1 aliphatic carbocycles. The molecule has 3 aromatic carbocycles. The number of carbonyl (C=O) groups excluding carboxylic acids is 1. The third kappa shape index (κ3) is 4.11. The van der Waals surface area contributed by atoms with E-state index < -0.39 is 0 Å². The molecule has 0 aromatic heterocycles. The first-order chi connectivity index (χ1) is 15.6. The summed E-state index contributed by atoms with van der Waals surface area (Å²) in [6.07, 6.45) is 2.22. The van der Waals surface area contributed by atoms with Crippen LogP contribution < -0.4 is 10.1 Å². The number of ether oxygens (including phenoxy) is 1. The van der Waals surface area contributed by atoms with Gasteiger partial charge >= 0.3 is 0 Å². The number of nitrogens with zero attached hydrogens (tertiary/aromatic N) is 1. The highest BCUT2D eigenvalue weighted by molar-refractivity contribution is 6.45. The van der Waals surface area contributed by atoms with Gasteiger partial charge in [-0.2, -0.15) is 0 Å². The van der Waals surface area contributed by atoms with Gasteiger partial charge < -0.3 is 14.9 Å². The summed E-state index contributed by atoms with van der Waals surface area (Å²) < 4.78 is 6.07. The summed E-state index contributed by atoms with van der Waals surface area (Å²) in [5.41, 5.74) is 5.94. The summed E-state index contributed by atoms with van der Waals surface area (Å²) in [5.74, 6) is 0.470. The average Bonchev–Trinajstić information content (AvgIpc) is 3.19. The lowest BCUT2D eigenvalue weighted by molar-refractivity contribution is -0.114. The largest absolute Gasteiger partial charge is 0.489 e. The Morgan fingerprint density at radius 2 is 1.75 bits per heavy atom. The van der Waals surface area contributed by atoms with E-state index in [1.54, 1.807) is 7.05 Å². The monoisotopic (exact) mass is 428 g/mol. The fourth-order valence-corrected chi connectivity index (χ4v) is 4.48. The Bertz CT molecular complexity index is 1140. The van der Waals surface area contributed by atoms with Crippen LogP contribution in [0.5, 0.6) is 5.75 Å². The number of fused-ring (bicyclic) bond motifs is 1. The lowest BCUT2D eigenvalue weighted by atomic mass is 9.77. The van der Waals surface area contributed by atoms with Crippen LogP contribution in [0.25, 0.3) is 0 Å². The summed E-state index contributed by atoms with van der Waals surface area (Å²) in [6.45, 7) is 2.63. The Morgan fingerprint density at radius 3 is 2.50 bits per heavy atom. The Labute approximate surface area is 189 Å². The highest BCUT2D eigenvalue weighted by atomic mass is 16.6. The van der Waals surface area contributed by atoms with Crippen molar-refractivity contribution in [3.8, 4) is 5.75 Å². The van der Waals surface area contributed by atoms with E-state index in [2.05, 4.69) is 53.8 Å². The van der Waals surface area contributed by atoms with E-state index in [-0.39, 0.29) is 17.0 Å². The number of amides is 1. The van der Waals surface area contributed by atoms with Crippen LogP contribution in [0.15, 0.2) is 78.0 Å². The Kier molecular flexibility index (Phi) is 6.26. The van der Waals surface area contributed by atoms with Crippen LogP contribution in [0.4, 0.5) is 0 Å². The molecule has 0 radical (unpaired) electrons. The average molecular weight is 429 g/mol. The summed E-state index contributed by atoms with van der Waals surface area (Å²) in [6, 6.07) is 24.6. The zero-order valence-electron chi connectivity index (χ0n) is 18.7. The van der Waals surface area contributed by atoms with Gasteiger partial charge in [-0.3, -0.25) is 4.79 Å². The number of rotatable bonds is 7. The Balaban J connectivity index is 1.52. The molecule has 1 atom stereocenters. The molecule has 5 heteroatoms. The lowest BCUT2D eigenvalue weighted by Gasteiger charge is -2.26. The van der Waals surface area contributed by atoms with Crippen LogP contribution in [0.1, 0.15) is 41.2 Å². The van der Waals surface area contributed by atoms with Crippen molar-refractivity contribution < 1.29 is 14.4 Å². The van der Waals surface area contributed by atoms with Crippen LogP contribution in [-0.2, 0) is 28.1 Å². The molecule has 1 aliphatic rings. The smallest absolute Gasteiger partial charge is 0.273 e. The van der Waals surface area contributed by atoms with Gasteiger partial charge in [0.2, 0.25) is 0 Å². The minimum atomic E-state index is -0.311. The van der Waals surface area contributed by atoms with Gasteiger partial charge in [-0.1, -0.05) is 72.7 Å². The van der Waals surface area contributed by atoms with Crippen molar-refractivity contribution in [2.45, 2.75) is 31.8 Å². The lowest BCUT2D eigenvalue weighted by Crippen LogP contribution is -2.29. The maximum atomic E-state index is 12.2. The van der Waals surface area contributed by atoms with Crippen molar-refractivity contribution >= 4 is 11.6 Å². The van der Waals surface area contributed by atoms with Crippen molar-refractivity contribution in [1.82, 2.24) is 5.32 Å². The molecule has 164 valence electrons. The van der Waals surface area contributed by atoms with Gasteiger partial charge in [0, 0.05) is 18.0 Å². The number of carbonyl (C=O) groups is 1. The second-order valence-electron chi connectivity index (χ2n) is 8.16. The normalized spacial score (nSPS) is 17.5.